The van der Waals surface area contributed by atoms with Crippen molar-refractivity contribution in [3.8, 4) is 0 Å². The summed E-state index contributed by atoms with van der Waals surface area (Å²) in [5.74, 6) is 0.221. The number of aliphatic hydroxyl groups is 1. The zero-order valence-electron chi connectivity index (χ0n) is 10.7. The van der Waals surface area contributed by atoms with E-state index in [1.54, 1.807) is 32.9 Å². The normalized spacial score (nSPS) is 13.2. The van der Waals surface area contributed by atoms with E-state index in [4.69, 9.17) is 11.6 Å². The zero-order chi connectivity index (χ0) is 13.8. The largest absolute Gasteiger partial charge is 0.391 e. The van der Waals surface area contributed by atoms with Crippen molar-refractivity contribution < 1.29 is 9.90 Å². The minimum atomic E-state index is -0.613. The predicted molar refractivity (Wildman–Crippen MR) is 76.1 cm³/mol. The lowest BCUT2D eigenvalue weighted by Gasteiger charge is -2.29. The highest BCUT2D eigenvalue weighted by Gasteiger charge is 2.25. The Balaban J connectivity index is 2.44. The molecule has 0 spiro atoms. The molecule has 0 radical (unpaired) electrons. The van der Waals surface area contributed by atoms with Gasteiger partial charge >= 0.3 is 0 Å². The Hall–Kier alpha value is -0.710. The van der Waals surface area contributed by atoms with Crippen molar-refractivity contribution in [3.05, 3.63) is 29.3 Å². The van der Waals surface area contributed by atoms with Gasteiger partial charge in [-0.3, -0.25) is 4.79 Å². The number of halogens is 1. The van der Waals surface area contributed by atoms with Gasteiger partial charge in [0.1, 0.15) is 0 Å². The summed E-state index contributed by atoms with van der Waals surface area (Å²) >= 11 is 7.22. The number of carbonyl (C=O) groups is 1. The Morgan fingerprint density at radius 3 is 2.50 bits per heavy atom. The molecular weight excluding hydrogens is 270 g/mol. The van der Waals surface area contributed by atoms with Gasteiger partial charge in [-0.1, -0.05) is 11.6 Å². The molecule has 18 heavy (non-hydrogen) atoms. The molecule has 0 bridgehead atoms. The van der Waals surface area contributed by atoms with Gasteiger partial charge in [-0.2, -0.15) is 0 Å². The van der Waals surface area contributed by atoms with Gasteiger partial charge < -0.3 is 10.4 Å². The van der Waals surface area contributed by atoms with E-state index in [0.717, 1.165) is 4.90 Å². The van der Waals surface area contributed by atoms with Gasteiger partial charge in [0.2, 0.25) is 5.91 Å². The molecule has 1 rings (SSSR count). The van der Waals surface area contributed by atoms with Crippen molar-refractivity contribution in [2.45, 2.75) is 37.3 Å². The van der Waals surface area contributed by atoms with Crippen LogP contribution in [0, 0.1) is 0 Å². The van der Waals surface area contributed by atoms with Crippen LogP contribution >= 0.6 is 23.4 Å². The summed E-state index contributed by atoms with van der Waals surface area (Å²) in [7, 11) is 0. The number of nitrogens with one attached hydrogen (secondary N) is 1. The Kier molecular flexibility index (Phi) is 5.50. The zero-order valence-corrected chi connectivity index (χ0v) is 12.3. The van der Waals surface area contributed by atoms with Crippen LogP contribution in [-0.4, -0.2) is 28.4 Å². The smallest absolute Gasteiger partial charge is 0.230 e. The van der Waals surface area contributed by atoms with Crippen molar-refractivity contribution in [2.24, 2.45) is 0 Å². The number of aliphatic hydroxyl groups excluding tert-OH is 1. The van der Waals surface area contributed by atoms with Crippen molar-refractivity contribution in [2.75, 3.05) is 5.75 Å². The van der Waals surface area contributed by atoms with Gasteiger partial charge in [-0.25, -0.2) is 0 Å². The molecule has 5 heteroatoms. The van der Waals surface area contributed by atoms with Crippen molar-refractivity contribution in [3.63, 3.8) is 0 Å². The quantitative estimate of drug-likeness (QED) is 0.819. The molecule has 0 heterocycles. The molecule has 0 aliphatic heterocycles. The third-order valence-corrected chi connectivity index (χ3v) is 3.95. The van der Waals surface area contributed by atoms with Crippen molar-refractivity contribution in [1.82, 2.24) is 5.32 Å². The Labute approximate surface area is 117 Å². The number of thioether (sulfide) groups is 1. The van der Waals surface area contributed by atoms with Gasteiger partial charge in [0.25, 0.3) is 0 Å². The summed E-state index contributed by atoms with van der Waals surface area (Å²) in [5, 5.41) is 13.0. The Bertz CT molecular complexity index is 404. The average Bonchev–Trinajstić information content (AvgIpc) is 2.27. The second-order valence-corrected chi connectivity index (χ2v) is 6.17. The fourth-order valence-electron chi connectivity index (χ4n) is 1.18. The predicted octanol–water partition coefficient (Wildman–Crippen LogP) is 2.71. The summed E-state index contributed by atoms with van der Waals surface area (Å²) in [4.78, 5) is 12.7. The fourth-order valence-corrected chi connectivity index (χ4v) is 2.00. The van der Waals surface area contributed by atoms with Crippen LogP contribution in [0.4, 0.5) is 0 Å². The highest BCUT2D eigenvalue weighted by Crippen LogP contribution is 2.20. The Morgan fingerprint density at radius 1 is 1.44 bits per heavy atom. The van der Waals surface area contributed by atoms with Gasteiger partial charge in [0.05, 0.1) is 17.4 Å². The first kappa shape index (κ1) is 15.3. The molecule has 1 atom stereocenters. The van der Waals surface area contributed by atoms with E-state index in [1.807, 2.05) is 12.1 Å². The standard InChI is InChI=1S/C13H18ClNO2S/c1-9(16)13(2,3)15-12(17)8-18-11-6-4-10(14)5-7-11/h4-7,9,16H,8H2,1-3H3,(H,15,17). The van der Waals surface area contributed by atoms with Crippen molar-refractivity contribution >= 4 is 29.3 Å². The molecule has 3 nitrogen and oxygen atoms in total. The van der Waals surface area contributed by atoms with Gasteiger partial charge in [0, 0.05) is 9.92 Å². The minimum Gasteiger partial charge on any atom is -0.391 e. The van der Waals surface area contributed by atoms with Crippen LogP contribution < -0.4 is 5.32 Å². The molecule has 1 amide bonds. The first-order chi connectivity index (χ1) is 8.31. The monoisotopic (exact) mass is 287 g/mol. The molecule has 1 aromatic rings. The average molecular weight is 288 g/mol. The molecule has 1 unspecified atom stereocenters. The topological polar surface area (TPSA) is 49.3 Å². The lowest BCUT2D eigenvalue weighted by Crippen LogP contribution is -2.51. The van der Waals surface area contributed by atoms with E-state index in [-0.39, 0.29) is 5.91 Å². The van der Waals surface area contributed by atoms with E-state index in [2.05, 4.69) is 5.32 Å². The molecule has 1 aromatic carbocycles. The highest BCUT2D eigenvalue weighted by atomic mass is 35.5. The first-order valence-corrected chi connectivity index (χ1v) is 7.05. The SMILES string of the molecule is CC(O)C(C)(C)NC(=O)CSc1ccc(Cl)cc1. The highest BCUT2D eigenvalue weighted by molar-refractivity contribution is 8.00. The fraction of sp³-hybridized carbons (Fsp3) is 0.462. The summed E-state index contributed by atoms with van der Waals surface area (Å²) in [6.45, 7) is 5.25. The Morgan fingerprint density at radius 2 is 2.00 bits per heavy atom. The van der Waals surface area contributed by atoms with Gasteiger partial charge in [-0.15, -0.1) is 11.8 Å². The summed E-state index contributed by atoms with van der Waals surface area (Å²) in [5.41, 5.74) is -0.613. The van der Waals surface area contributed by atoms with E-state index < -0.39 is 11.6 Å². The number of rotatable bonds is 5. The second-order valence-electron chi connectivity index (χ2n) is 4.69. The molecule has 0 saturated carbocycles. The van der Waals surface area contributed by atoms with Crippen LogP contribution in [0.1, 0.15) is 20.8 Å². The number of carbonyl (C=O) groups excluding carboxylic acids is 1. The molecule has 0 saturated heterocycles. The van der Waals surface area contributed by atoms with Gasteiger partial charge in [-0.05, 0) is 45.0 Å². The van der Waals surface area contributed by atoms with Crippen LogP contribution in [0.25, 0.3) is 0 Å². The van der Waals surface area contributed by atoms with Gasteiger partial charge in [0.15, 0.2) is 0 Å². The number of hydrogen-bond acceptors (Lipinski definition) is 3. The lowest BCUT2D eigenvalue weighted by atomic mass is 9.99. The molecule has 0 aromatic heterocycles. The molecule has 0 aliphatic carbocycles. The number of hydrogen-bond donors (Lipinski definition) is 2. The van der Waals surface area contributed by atoms with Crippen LogP contribution in [0.15, 0.2) is 29.2 Å². The summed E-state index contributed by atoms with van der Waals surface area (Å²) < 4.78 is 0. The number of benzene rings is 1. The molecule has 100 valence electrons. The van der Waals surface area contributed by atoms with E-state index in [0.29, 0.717) is 10.8 Å². The van der Waals surface area contributed by atoms with Crippen LogP contribution in [0.5, 0.6) is 0 Å². The first-order valence-electron chi connectivity index (χ1n) is 5.69. The molecule has 0 fully saturated rings. The lowest BCUT2D eigenvalue weighted by molar-refractivity contribution is -0.121. The maximum atomic E-state index is 11.7. The minimum absolute atomic E-state index is 0.0964. The van der Waals surface area contributed by atoms with Crippen LogP contribution in [-0.2, 0) is 4.79 Å². The summed E-state index contributed by atoms with van der Waals surface area (Å²) in [6, 6.07) is 7.34. The van der Waals surface area contributed by atoms with E-state index in [1.165, 1.54) is 11.8 Å². The van der Waals surface area contributed by atoms with Crippen LogP contribution in [0.2, 0.25) is 5.02 Å². The third-order valence-electron chi connectivity index (χ3n) is 2.69. The maximum Gasteiger partial charge on any atom is 0.230 e. The third kappa shape index (κ3) is 4.88. The summed E-state index contributed by atoms with van der Waals surface area (Å²) in [6.07, 6.45) is -0.595. The van der Waals surface area contributed by atoms with E-state index in [9.17, 15) is 9.90 Å². The second kappa shape index (κ2) is 6.45. The molecule has 0 aliphatic rings. The number of amides is 1. The maximum absolute atomic E-state index is 11.7. The molecular formula is C13H18ClNO2S. The van der Waals surface area contributed by atoms with Crippen LogP contribution in [0.3, 0.4) is 0 Å². The molecule has 2 N–H and O–H groups in total. The van der Waals surface area contributed by atoms with Crippen molar-refractivity contribution in [1.29, 1.82) is 0 Å². The van der Waals surface area contributed by atoms with E-state index >= 15 is 0 Å².